The van der Waals surface area contributed by atoms with E-state index in [9.17, 15) is 18.0 Å². The van der Waals surface area contributed by atoms with E-state index in [0.29, 0.717) is 5.56 Å². The van der Waals surface area contributed by atoms with E-state index in [0.717, 1.165) is 34.8 Å². The van der Waals surface area contributed by atoms with Crippen LogP contribution >= 0.6 is 0 Å². The number of halogens is 3. The van der Waals surface area contributed by atoms with Crippen molar-refractivity contribution in [1.29, 1.82) is 0 Å². The highest BCUT2D eigenvalue weighted by Gasteiger charge is 2.30. The quantitative estimate of drug-likeness (QED) is 0.541. The number of carbonyl (C=O) groups is 1. The van der Waals surface area contributed by atoms with Crippen LogP contribution in [0.5, 0.6) is 0 Å². The zero-order valence-corrected chi connectivity index (χ0v) is 16.9. The third-order valence-corrected chi connectivity index (χ3v) is 4.79. The van der Waals surface area contributed by atoms with Crippen molar-refractivity contribution < 1.29 is 18.0 Å². The summed E-state index contributed by atoms with van der Waals surface area (Å²) in [5, 5.41) is 4.54. The maximum atomic E-state index is 12.9. The van der Waals surface area contributed by atoms with E-state index in [1.165, 1.54) is 17.0 Å². The Hall–Kier alpha value is -3.35. The van der Waals surface area contributed by atoms with Crippen LogP contribution in [0.4, 0.5) is 13.2 Å². The first-order chi connectivity index (χ1) is 14.2. The highest BCUT2D eigenvalue weighted by atomic mass is 19.4. The molecule has 2 aromatic carbocycles. The standard InChI is InChI=1S/C23H22F3N3O/c1-16-21(17(2)29(27-16)20-10-5-4-6-11-20)12-13-22(30)28(3)15-18-8-7-9-19(14-18)23(24,25)26/h4-14H,15H2,1-3H3. The van der Waals surface area contributed by atoms with E-state index < -0.39 is 11.7 Å². The molecule has 156 valence electrons. The number of amides is 1. The summed E-state index contributed by atoms with van der Waals surface area (Å²) in [5.41, 5.74) is 3.11. The minimum atomic E-state index is -4.41. The van der Waals surface area contributed by atoms with Crippen LogP contribution in [0.1, 0.15) is 28.1 Å². The van der Waals surface area contributed by atoms with Gasteiger partial charge in [0, 0.05) is 30.9 Å². The number of alkyl halides is 3. The van der Waals surface area contributed by atoms with E-state index in [1.54, 1.807) is 19.2 Å². The van der Waals surface area contributed by atoms with Crippen LogP contribution in [0.15, 0.2) is 60.7 Å². The second-order valence-electron chi connectivity index (χ2n) is 7.06. The summed E-state index contributed by atoms with van der Waals surface area (Å²) >= 11 is 0. The summed E-state index contributed by atoms with van der Waals surface area (Å²) in [6.45, 7) is 3.86. The van der Waals surface area contributed by atoms with Crippen molar-refractivity contribution in [2.24, 2.45) is 0 Å². The molecular weight excluding hydrogens is 391 g/mol. The lowest BCUT2D eigenvalue weighted by Crippen LogP contribution is -2.24. The number of nitrogens with zero attached hydrogens (tertiary/aromatic N) is 3. The summed E-state index contributed by atoms with van der Waals surface area (Å²) in [7, 11) is 1.56. The summed E-state index contributed by atoms with van der Waals surface area (Å²) in [6, 6.07) is 14.7. The number of likely N-dealkylation sites (N-methyl/N-ethyl adjacent to an activating group) is 1. The van der Waals surface area contributed by atoms with E-state index in [1.807, 2.05) is 48.9 Å². The molecule has 0 saturated carbocycles. The van der Waals surface area contributed by atoms with Crippen LogP contribution in [0.2, 0.25) is 0 Å². The van der Waals surface area contributed by atoms with Crippen molar-refractivity contribution in [3.05, 3.63) is 88.8 Å². The van der Waals surface area contributed by atoms with Crippen molar-refractivity contribution in [2.75, 3.05) is 7.05 Å². The molecule has 0 aliphatic carbocycles. The summed E-state index contributed by atoms with van der Waals surface area (Å²) < 4.78 is 40.4. The second kappa shape index (κ2) is 8.57. The molecule has 3 rings (SSSR count). The van der Waals surface area contributed by atoms with Crippen LogP contribution in [-0.2, 0) is 17.5 Å². The van der Waals surface area contributed by atoms with Gasteiger partial charge in [-0.3, -0.25) is 4.79 Å². The molecule has 0 N–H and O–H groups in total. The van der Waals surface area contributed by atoms with Crippen molar-refractivity contribution in [3.63, 3.8) is 0 Å². The van der Waals surface area contributed by atoms with Gasteiger partial charge in [0.05, 0.1) is 16.9 Å². The van der Waals surface area contributed by atoms with Crippen LogP contribution in [0.25, 0.3) is 11.8 Å². The summed E-state index contributed by atoms with van der Waals surface area (Å²) in [4.78, 5) is 13.9. The van der Waals surface area contributed by atoms with Crippen LogP contribution in [0, 0.1) is 13.8 Å². The Kier molecular flexibility index (Phi) is 6.10. The van der Waals surface area contributed by atoms with Crippen LogP contribution in [-0.4, -0.2) is 27.6 Å². The first-order valence-electron chi connectivity index (χ1n) is 9.38. The zero-order valence-electron chi connectivity index (χ0n) is 16.9. The van der Waals surface area contributed by atoms with Crippen molar-refractivity contribution in [1.82, 2.24) is 14.7 Å². The van der Waals surface area contributed by atoms with E-state index >= 15 is 0 Å². The number of benzene rings is 2. The van der Waals surface area contributed by atoms with E-state index in [-0.39, 0.29) is 12.5 Å². The predicted octanol–water partition coefficient (Wildman–Crippen LogP) is 5.18. The van der Waals surface area contributed by atoms with Gasteiger partial charge < -0.3 is 4.90 Å². The Morgan fingerprint density at radius 3 is 2.47 bits per heavy atom. The molecule has 7 heteroatoms. The molecule has 4 nitrogen and oxygen atoms in total. The van der Waals surface area contributed by atoms with Gasteiger partial charge in [-0.1, -0.05) is 30.3 Å². The van der Waals surface area contributed by atoms with Gasteiger partial charge in [0.1, 0.15) is 0 Å². The number of carbonyl (C=O) groups excluding carboxylic acids is 1. The molecule has 30 heavy (non-hydrogen) atoms. The normalized spacial score (nSPS) is 11.8. The SMILES string of the molecule is Cc1nn(-c2ccccc2)c(C)c1C=CC(=O)N(C)Cc1cccc(C(F)(F)F)c1. The minimum absolute atomic E-state index is 0.0777. The molecule has 0 atom stereocenters. The minimum Gasteiger partial charge on any atom is -0.338 e. The third kappa shape index (κ3) is 4.79. The number of rotatable bonds is 5. The molecule has 0 radical (unpaired) electrons. The Morgan fingerprint density at radius 1 is 1.10 bits per heavy atom. The predicted molar refractivity (Wildman–Crippen MR) is 110 cm³/mol. The maximum Gasteiger partial charge on any atom is 0.416 e. The molecule has 0 bridgehead atoms. The Morgan fingerprint density at radius 2 is 1.80 bits per heavy atom. The molecule has 0 spiro atoms. The second-order valence-corrected chi connectivity index (χ2v) is 7.06. The molecule has 0 unspecified atom stereocenters. The third-order valence-electron chi connectivity index (χ3n) is 4.79. The van der Waals surface area contributed by atoms with Gasteiger partial charge in [0.25, 0.3) is 0 Å². The molecule has 0 fully saturated rings. The molecule has 0 saturated heterocycles. The smallest absolute Gasteiger partial charge is 0.338 e. The Labute approximate surface area is 173 Å². The Balaban J connectivity index is 1.74. The number of hydrogen-bond acceptors (Lipinski definition) is 2. The lowest BCUT2D eigenvalue weighted by atomic mass is 10.1. The van der Waals surface area contributed by atoms with Crippen molar-refractivity contribution in [2.45, 2.75) is 26.6 Å². The highest BCUT2D eigenvalue weighted by molar-refractivity contribution is 5.91. The first kappa shape index (κ1) is 21.4. The van der Waals surface area contributed by atoms with Crippen LogP contribution < -0.4 is 0 Å². The monoisotopic (exact) mass is 413 g/mol. The molecule has 1 aromatic heterocycles. The lowest BCUT2D eigenvalue weighted by Gasteiger charge is -2.16. The summed E-state index contributed by atoms with van der Waals surface area (Å²) in [5.74, 6) is -0.307. The average molecular weight is 413 g/mol. The van der Waals surface area contributed by atoms with Gasteiger partial charge in [0.15, 0.2) is 0 Å². The fraction of sp³-hybridized carbons (Fsp3) is 0.217. The number of para-hydroxylation sites is 1. The fourth-order valence-corrected chi connectivity index (χ4v) is 3.20. The van der Waals surface area contributed by atoms with Gasteiger partial charge in [-0.2, -0.15) is 18.3 Å². The molecule has 1 heterocycles. The van der Waals surface area contributed by atoms with E-state index in [4.69, 9.17) is 0 Å². The van der Waals surface area contributed by atoms with Crippen molar-refractivity contribution >= 4 is 12.0 Å². The fourth-order valence-electron chi connectivity index (χ4n) is 3.20. The first-order valence-corrected chi connectivity index (χ1v) is 9.38. The Bertz CT molecular complexity index is 1070. The molecule has 3 aromatic rings. The number of hydrogen-bond donors (Lipinski definition) is 0. The van der Waals surface area contributed by atoms with E-state index in [2.05, 4.69) is 5.10 Å². The average Bonchev–Trinajstić information content (AvgIpc) is 3.00. The van der Waals surface area contributed by atoms with Gasteiger partial charge in [-0.25, -0.2) is 4.68 Å². The lowest BCUT2D eigenvalue weighted by molar-refractivity contribution is -0.137. The summed E-state index contributed by atoms with van der Waals surface area (Å²) in [6.07, 6.45) is -1.30. The molecular formula is C23H22F3N3O. The van der Waals surface area contributed by atoms with Crippen molar-refractivity contribution in [3.8, 4) is 5.69 Å². The molecule has 0 aliphatic rings. The topological polar surface area (TPSA) is 38.1 Å². The molecule has 0 aliphatic heterocycles. The van der Waals surface area contributed by atoms with Crippen LogP contribution in [0.3, 0.4) is 0 Å². The van der Waals surface area contributed by atoms with Gasteiger partial charge in [-0.05, 0) is 49.8 Å². The maximum absolute atomic E-state index is 12.9. The number of aromatic nitrogens is 2. The van der Waals surface area contributed by atoms with Gasteiger partial charge >= 0.3 is 6.18 Å². The van der Waals surface area contributed by atoms with Gasteiger partial charge in [-0.15, -0.1) is 0 Å². The van der Waals surface area contributed by atoms with Gasteiger partial charge in [0.2, 0.25) is 5.91 Å². The largest absolute Gasteiger partial charge is 0.416 e. The molecule has 1 amide bonds. The zero-order chi connectivity index (χ0) is 21.9. The number of aryl methyl sites for hydroxylation is 1. The highest BCUT2D eigenvalue weighted by Crippen LogP contribution is 2.29.